The van der Waals surface area contributed by atoms with E-state index >= 15 is 0 Å². The smallest absolute Gasteiger partial charge is 0.337 e. The maximum Gasteiger partial charge on any atom is 0.416 e. The van der Waals surface area contributed by atoms with Crippen LogP contribution in [0.5, 0.6) is 0 Å². The SMILES string of the molecule is O=C(C[C@@H](CC1CCCC1)C(=O)N1CC2(CC2)C[C@H]1c1nc(-c2ccc(C(F)(F)F)cc2Cl)no1)NO. The van der Waals surface area contributed by atoms with E-state index in [1.165, 1.54) is 6.07 Å². The van der Waals surface area contributed by atoms with Crippen molar-refractivity contribution >= 4 is 23.4 Å². The number of hydrogen-bond donors (Lipinski definition) is 2. The van der Waals surface area contributed by atoms with Gasteiger partial charge in [-0.25, -0.2) is 5.48 Å². The molecule has 1 saturated heterocycles. The van der Waals surface area contributed by atoms with Gasteiger partial charge in [0, 0.05) is 24.4 Å². The van der Waals surface area contributed by atoms with Gasteiger partial charge in [-0.2, -0.15) is 18.2 Å². The minimum atomic E-state index is -4.53. The van der Waals surface area contributed by atoms with E-state index in [0.29, 0.717) is 25.3 Å². The summed E-state index contributed by atoms with van der Waals surface area (Å²) in [6, 6.07) is 2.41. The molecule has 1 aliphatic heterocycles. The van der Waals surface area contributed by atoms with Gasteiger partial charge in [0.15, 0.2) is 0 Å². The number of hydrogen-bond acceptors (Lipinski definition) is 6. The number of carbonyl (C=O) groups excluding carboxylic acids is 2. The van der Waals surface area contributed by atoms with Crippen molar-refractivity contribution in [2.75, 3.05) is 6.54 Å². The monoisotopic (exact) mass is 540 g/mol. The van der Waals surface area contributed by atoms with Gasteiger partial charge in [0.1, 0.15) is 6.04 Å². The quantitative estimate of drug-likeness (QED) is 0.352. The summed E-state index contributed by atoms with van der Waals surface area (Å²) in [4.78, 5) is 32.0. The van der Waals surface area contributed by atoms with Gasteiger partial charge in [0.25, 0.3) is 0 Å². The largest absolute Gasteiger partial charge is 0.416 e. The number of aromatic nitrogens is 2. The van der Waals surface area contributed by atoms with Crippen LogP contribution in [-0.4, -0.2) is 38.6 Å². The van der Waals surface area contributed by atoms with Crippen LogP contribution in [0.3, 0.4) is 0 Å². The van der Waals surface area contributed by atoms with Gasteiger partial charge in [-0.05, 0) is 55.2 Å². The molecule has 5 rings (SSSR count). The zero-order valence-corrected chi connectivity index (χ0v) is 20.8. The molecule has 3 fully saturated rings. The first-order valence-electron chi connectivity index (χ1n) is 12.5. The summed E-state index contributed by atoms with van der Waals surface area (Å²) in [6.07, 6.45) is 2.70. The van der Waals surface area contributed by atoms with Crippen molar-refractivity contribution < 1.29 is 32.5 Å². The number of benzene rings is 1. The third-order valence-corrected chi connectivity index (χ3v) is 8.32. The number of carbonyl (C=O) groups is 2. The molecule has 0 radical (unpaired) electrons. The molecule has 0 unspecified atom stereocenters. The van der Waals surface area contributed by atoms with E-state index in [2.05, 4.69) is 10.1 Å². The number of likely N-dealkylation sites (tertiary alicyclic amines) is 1. The molecule has 37 heavy (non-hydrogen) atoms. The first kappa shape index (κ1) is 26.0. The Hall–Kier alpha value is -2.66. The molecular formula is C25H28ClF3N4O4. The number of halogens is 4. The van der Waals surface area contributed by atoms with Crippen LogP contribution in [0.2, 0.25) is 5.02 Å². The van der Waals surface area contributed by atoms with Crippen LogP contribution in [0.25, 0.3) is 11.4 Å². The molecule has 0 bridgehead atoms. The summed E-state index contributed by atoms with van der Waals surface area (Å²) in [6.45, 7) is 0.511. The Morgan fingerprint density at radius 3 is 2.62 bits per heavy atom. The van der Waals surface area contributed by atoms with Crippen molar-refractivity contribution in [2.24, 2.45) is 17.3 Å². The van der Waals surface area contributed by atoms with E-state index in [4.69, 9.17) is 21.3 Å². The highest BCUT2D eigenvalue weighted by Gasteiger charge is 2.55. The number of amides is 2. The van der Waals surface area contributed by atoms with Crippen LogP contribution < -0.4 is 5.48 Å². The standard InChI is InChI=1S/C25H28ClF3N4O4/c26-18-11-16(25(27,28)29)5-6-17(18)21-30-22(37-32-21)19-12-24(7-8-24)13-33(19)23(35)15(10-20(34)31-36)9-14-3-1-2-4-14/h5-6,11,14-15,19,36H,1-4,7-10,12-13H2,(H,31,34)/t15-,19+/m1/s1. The Balaban J connectivity index is 1.39. The lowest BCUT2D eigenvalue weighted by Crippen LogP contribution is -2.39. The number of nitrogens with zero attached hydrogens (tertiary/aromatic N) is 3. The maximum atomic E-state index is 13.8. The Bertz CT molecular complexity index is 1180. The van der Waals surface area contributed by atoms with Gasteiger partial charge in [-0.15, -0.1) is 0 Å². The maximum absolute atomic E-state index is 13.8. The molecule has 1 aromatic heterocycles. The summed E-state index contributed by atoms with van der Waals surface area (Å²) >= 11 is 6.11. The van der Waals surface area contributed by atoms with Gasteiger partial charge < -0.3 is 9.42 Å². The molecule has 2 heterocycles. The third kappa shape index (κ3) is 5.47. The summed E-state index contributed by atoms with van der Waals surface area (Å²) in [5.74, 6) is -0.789. The van der Waals surface area contributed by atoms with E-state index in [-0.39, 0.29) is 40.0 Å². The molecule has 1 aromatic carbocycles. The topological polar surface area (TPSA) is 109 Å². The Kier molecular flexibility index (Phi) is 6.95. The molecule has 8 nitrogen and oxygen atoms in total. The van der Waals surface area contributed by atoms with Gasteiger partial charge in [0.2, 0.25) is 23.5 Å². The second kappa shape index (κ2) is 9.90. The highest BCUT2D eigenvalue weighted by Crippen LogP contribution is 2.58. The number of hydroxylamine groups is 1. The van der Waals surface area contributed by atoms with Crippen molar-refractivity contribution in [1.29, 1.82) is 0 Å². The summed E-state index contributed by atoms with van der Waals surface area (Å²) in [5, 5.41) is 12.9. The molecule has 12 heteroatoms. The predicted octanol–water partition coefficient (Wildman–Crippen LogP) is 5.55. The van der Waals surface area contributed by atoms with E-state index in [1.807, 2.05) is 0 Å². The van der Waals surface area contributed by atoms with E-state index in [0.717, 1.165) is 50.7 Å². The minimum absolute atomic E-state index is 0.0297. The molecule has 200 valence electrons. The Morgan fingerprint density at radius 1 is 1.27 bits per heavy atom. The van der Waals surface area contributed by atoms with Crippen molar-refractivity contribution in [3.63, 3.8) is 0 Å². The lowest BCUT2D eigenvalue weighted by Gasteiger charge is -2.28. The van der Waals surface area contributed by atoms with Gasteiger partial charge in [-0.3, -0.25) is 14.8 Å². The lowest BCUT2D eigenvalue weighted by atomic mass is 9.89. The lowest BCUT2D eigenvalue weighted by molar-refractivity contribution is -0.142. The molecule has 2 saturated carbocycles. The number of nitrogens with one attached hydrogen (secondary N) is 1. The van der Waals surface area contributed by atoms with Gasteiger partial charge >= 0.3 is 6.18 Å². The molecular weight excluding hydrogens is 513 g/mol. The summed E-state index contributed by atoms with van der Waals surface area (Å²) in [5.41, 5.74) is 0.928. The molecule has 3 aliphatic rings. The third-order valence-electron chi connectivity index (χ3n) is 8.01. The van der Waals surface area contributed by atoms with Crippen LogP contribution in [0.1, 0.15) is 75.3 Å². The van der Waals surface area contributed by atoms with E-state index in [1.54, 1.807) is 10.4 Å². The first-order valence-corrected chi connectivity index (χ1v) is 12.9. The second-order valence-electron chi connectivity index (χ2n) is 10.7. The van der Waals surface area contributed by atoms with Crippen LogP contribution in [0.4, 0.5) is 13.2 Å². The normalized spacial score (nSPS) is 22.0. The molecule has 2 N–H and O–H groups in total. The van der Waals surface area contributed by atoms with Crippen LogP contribution in [0.15, 0.2) is 22.7 Å². The zero-order valence-electron chi connectivity index (χ0n) is 20.1. The fourth-order valence-electron chi connectivity index (χ4n) is 5.82. The first-order chi connectivity index (χ1) is 17.6. The van der Waals surface area contributed by atoms with Crippen molar-refractivity contribution in [2.45, 2.75) is 70.0 Å². The van der Waals surface area contributed by atoms with Gasteiger partial charge in [0.05, 0.1) is 10.6 Å². The van der Waals surface area contributed by atoms with Crippen LogP contribution in [0, 0.1) is 17.3 Å². The average molecular weight is 541 g/mol. The fourth-order valence-corrected chi connectivity index (χ4v) is 6.09. The van der Waals surface area contributed by atoms with E-state index in [9.17, 15) is 22.8 Å². The molecule has 2 amide bonds. The highest BCUT2D eigenvalue weighted by atomic mass is 35.5. The molecule has 2 atom stereocenters. The predicted molar refractivity (Wildman–Crippen MR) is 125 cm³/mol. The van der Waals surface area contributed by atoms with Crippen molar-refractivity contribution in [1.82, 2.24) is 20.5 Å². The fraction of sp³-hybridized carbons (Fsp3) is 0.600. The minimum Gasteiger partial charge on any atom is -0.337 e. The van der Waals surface area contributed by atoms with Gasteiger partial charge in [-0.1, -0.05) is 42.4 Å². The number of alkyl halides is 3. The van der Waals surface area contributed by atoms with Crippen molar-refractivity contribution in [3.8, 4) is 11.4 Å². The molecule has 2 aliphatic carbocycles. The molecule has 1 spiro atoms. The average Bonchev–Trinajstić information content (AvgIpc) is 3.24. The van der Waals surface area contributed by atoms with Crippen molar-refractivity contribution in [3.05, 3.63) is 34.7 Å². The van der Waals surface area contributed by atoms with Crippen LogP contribution in [-0.2, 0) is 15.8 Å². The highest BCUT2D eigenvalue weighted by molar-refractivity contribution is 6.33. The number of rotatable bonds is 7. The summed E-state index contributed by atoms with van der Waals surface area (Å²) in [7, 11) is 0. The van der Waals surface area contributed by atoms with E-state index < -0.39 is 29.6 Å². The second-order valence-corrected chi connectivity index (χ2v) is 11.1. The molecule has 2 aromatic rings. The summed E-state index contributed by atoms with van der Waals surface area (Å²) < 4.78 is 44.6. The Labute approximate surface area is 216 Å². The zero-order chi connectivity index (χ0) is 26.4. The Morgan fingerprint density at radius 2 is 2.00 bits per heavy atom. The van der Waals surface area contributed by atoms with Crippen LogP contribution >= 0.6 is 11.6 Å².